The van der Waals surface area contributed by atoms with E-state index in [-0.39, 0.29) is 0 Å². The van der Waals surface area contributed by atoms with Gasteiger partial charge in [0.2, 0.25) is 0 Å². The number of benzene rings is 1. The van der Waals surface area contributed by atoms with Crippen LogP contribution in [0.1, 0.15) is 15.9 Å². The number of nitrogens with zero attached hydrogens (tertiary/aromatic N) is 2. The van der Waals surface area contributed by atoms with Crippen LogP contribution in [0.4, 0.5) is 5.82 Å². The molecule has 0 N–H and O–H groups in total. The van der Waals surface area contributed by atoms with Gasteiger partial charge in [-0.3, -0.25) is 4.79 Å². The quantitative estimate of drug-likeness (QED) is 0.771. The smallest absolute Gasteiger partial charge is 0.151 e. The van der Waals surface area contributed by atoms with E-state index in [2.05, 4.69) is 4.98 Å². The largest absolute Gasteiger partial charge is 0.497 e. The van der Waals surface area contributed by atoms with Gasteiger partial charge in [0.1, 0.15) is 11.6 Å². The summed E-state index contributed by atoms with van der Waals surface area (Å²) in [5, 5.41) is 0. The molecule has 0 aliphatic rings. The summed E-state index contributed by atoms with van der Waals surface area (Å²) < 4.78 is 5.13. The third kappa shape index (κ3) is 3.31. The summed E-state index contributed by atoms with van der Waals surface area (Å²) in [7, 11) is 3.62. The Morgan fingerprint density at radius 1 is 1.21 bits per heavy atom. The molecule has 19 heavy (non-hydrogen) atoms. The molecule has 0 aliphatic carbocycles. The molecule has 4 nitrogen and oxygen atoms in total. The van der Waals surface area contributed by atoms with Gasteiger partial charge in [0.05, 0.1) is 7.11 Å². The van der Waals surface area contributed by atoms with E-state index in [0.29, 0.717) is 5.56 Å². The number of hydrogen-bond donors (Lipinski definition) is 0. The second-order valence-corrected chi connectivity index (χ2v) is 4.27. The second-order valence-electron chi connectivity index (χ2n) is 4.27. The highest BCUT2D eigenvalue weighted by atomic mass is 16.5. The van der Waals surface area contributed by atoms with E-state index in [9.17, 15) is 4.79 Å². The normalized spacial score (nSPS) is 10.0. The fraction of sp³-hybridized carbons (Fsp3) is 0.200. The molecule has 4 heteroatoms. The van der Waals surface area contributed by atoms with Crippen molar-refractivity contribution in [3.05, 3.63) is 53.7 Å². The number of carbonyl (C=O) groups is 1. The Morgan fingerprint density at radius 2 is 1.95 bits per heavy atom. The first kappa shape index (κ1) is 13.1. The Bertz CT molecular complexity index is 535. The molecular weight excluding hydrogens is 240 g/mol. The first-order valence-electron chi connectivity index (χ1n) is 5.98. The molecule has 0 saturated heterocycles. The van der Waals surface area contributed by atoms with Gasteiger partial charge < -0.3 is 9.64 Å². The average Bonchev–Trinajstić information content (AvgIpc) is 2.48. The van der Waals surface area contributed by atoms with Crippen molar-refractivity contribution >= 4 is 12.1 Å². The zero-order valence-electron chi connectivity index (χ0n) is 11.0. The van der Waals surface area contributed by atoms with Gasteiger partial charge in [-0.15, -0.1) is 0 Å². The van der Waals surface area contributed by atoms with Crippen molar-refractivity contribution in [3.8, 4) is 5.75 Å². The van der Waals surface area contributed by atoms with Crippen LogP contribution in [0.15, 0.2) is 42.6 Å². The number of carbonyl (C=O) groups excluding carboxylic acids is 1. The molecule has 2 aromatic rings. The van der Waals surface area contributed by atoms with Crippen molar-refractivity contribution < 1.29 is 9.53 Å². The van der Waals surface area contributed by atoms with Gasteiger partial charge in [0.15, 0.2) is 6.29 Å². The van der Waals surface area contributed by atoms with E-state index in [1.807, 2.05) is 42.3 Å². The van der Waals surface area contributed by atoms with Crippen LogP contribution in [0.25, 0.3) is 0 Å². The van der Waals surface area contributed by atoms with E-state index in [1.54, 1.807) is 19.4 Å². The van der Waals surface area contributed by atoms with Crippen molar-refractivity contribution in [2.75, 3.05) is 19.1 Å². The van der Waals surface area contributed by atoms with Crippen LogP contribution in [-0.4, -0.2) is 25.4 Å². The summed E-state index contributed by atoms with van der Waals surface area (Å²) in [4.78, 5) is 16.8. The first-order chi connectivity index (χ1) is 9.22. The maximum absolute atomic E-state index is 10.6. The Labute approximate surface area is 112 Å². The highest BCUT2D eigenvalue weighted by Crippen LogP contribution is 2.15. The van der Waals surface area contributed by atoms with Crippen molar-refractivity contribution in [3.63, 3.8) is 0 Å². The van der Waals surface area contributed by atoms with Gasteiger partial charge in [-0.05, 0) is 29.8 Å². The van der Waals surface area contributed by atoms with Crippen molar-refractivity contribution in [2.45, 2.75) is 6.54 Å². The summed E-state index contributed by atoms with van der Waals surface area (Å²) in [6.45, 7) is 0.747. The van der Waals surface area contributed by atoms with Gasteiger partial charge in [0, 0.05) is 25.4 Å². The van der Waals surface area contributed by atoms with E-state index in [4.69, 9.17) is 4.74 Å². The van der Waals surface area contributed by atoms with E-state index in [1.165, 1.54) is 5.56 Å². The van der Waals surface area contributed by atoms with Crippen LogP contribution < -0.4 is 9.64 Å². The molecule has 1 aromatic heterocycles. The molecule has 0 atom stereocenters. The van der Waals surface area contributed by atoms with Gasteiger partial charge in [-0.25, -0.2) is 4.98 Å². The molecule has 0 radical (unpaired) electrons. The number of aldehydes is 1. The molecule has 0 unspecified atom stereocenters. The number of hydrogen-bond acceptors (Lipinski definition) is 4. The second kappa shape index (κ2) is 6.00. The van der Waals surface area contributed by atoms with E-state index in [0.717, 1.165) is 24.4 Å². The maximum Gasteiger partial charge on any atom is 0.151 e. The van der Waals surface area contributed by atoms with E-state index >= 15 is 0 Å². The van der Waals surface area contributed by atoms with Gasteiger partial charge in [-0.1, -0.05) is 12.1 Å². The summed E-state index contributed by atoms with van der Waals surface area (Å²) in [5.41, 5.74) is 1.76. The van der Waals surface area contributed by atoms with Crippen molar-refractivity contribution in [2.24, 2.45) is 0 Å². The SMILES string of the molecule is COc1ccc(CN(C)c2ccc(C=O)cn2)cc1. The van der Waals surface area contributed by atoms with Crippen LogP contribution in [0.2, 0.25) is 0 Å². The topological polar surface area (TPSA) is 42.4 Å². The standard InChI is InChI=1S/C15H16N2O2/c1-17(15-8-5-13(11-18)9-16-15)10-12-3-6-14(19-2)7-4-12/h3-9,11H,10H2,1-2H3. The monoisotopic (exact) mass is 256 g/mol. The first-order valence-corrected chi connectivity index (χ1v) is 5.98. The lowest BCUT2D eigenvalue weighted by atomic mass is 10.2. The molecule has 2 rings (SSSR count). The minimum Gasteiger partial charge on any atom is -0.497 e. The predicted molar refractivity (Wildman–Crippen MR) is 74.7 cm³/mol. The Balaban J connectivity index is 2.06. The van der Waals surface area contributed by atoms with Crippen molar-refractivity contribution in [1.82, 2.24) is 4.98 Å². The molecule has 0 spiro atoms. The molecule has 0 aliphatic heterocycles. The number of aromatic nitrogens is 1. The highest BCUT2D eigenvalue weighted by molar-refractivity contribution is 5.74. The van der Waals surface area contributed by atoms with Crippen LogP contribution in [0.5, 0.6) is 5.75 Å². The molecule has 0 fully saturated rings. The number of rotatable bonds is 5. The summed E-state index contributed by atoms with van der Waals surface area (Å²) in [5.74, 6) is 1.68. The lowest BCUT2D eigenvalue weighted by Crippen LogP contribution is -2.17. The minimum absolute atomic E-state index is 0.585. The third-order valence-corrected chi connectivity index (χ3v) is 2.88. The van der Waals surface area contributed by atoms with Crippen LogP contribution in [-0.2, 0) is 6.54 Å². The number of anilines is 1. The molecule has 0 amide bonds. The highest BCUT2D eigenvalue weighted by Gasteiger charge is 2.04. The zero-order chi connectivity index (χ0) is 13.7. The van der Waals surface area contributed by atoms with Crippen LogP contribution in [0, 0.1) is 0 Å². The third-order valence-electron chi connectivity index (χ3n) is 2.88. The Morgan fingerprint density at radius 3 is 2.47 bits per heavy atom. The molecular formula is C15H16N2O2. The minimum atomic E-state index is 0.585. The molecule has 98 valence electrons. The van der Waals surface area contributed by atoms with Crippen molar-refractivity contribution in [1.29, 1.82) is 0 Å². The van der Waals surface area contributed by atoms with Gasteiger partial charge >= 0.3 is 0 Å². The predicted octanol–water partition coefficient (Wildman–Crippen LogP) is 2.54. The average molecular weight is 256 g/mol. The van der Waals surface area contributed by atoms with E-state index < -0.39 is 0 Å². The molecule has 0 bridgehead atoms. The summed E-state index contributed by atoms with van der Waals surface area (Å²) >= 11 is 0. The Kier molecular flexibility index (Phi) is 4.13. The maximum atomic E-state index is 10.6. The lowest BCUT2D eigenvalue weighted by molar-refractivity contribution is 0.112. The molecule has 0 saturated carbocycles. The van der Waals surface area contributed by atoms with Crippen LogP contribution >= 0.6 is 0 Å². The van der Waals surface area contributed by atoms with Crippen LogP contribution in [0.3, 0.4) is 0 Å². The summed E-state index contributed by atoms with van der Waals surface area (Å²) in [6.07, 6.45) is 2.37. The Hall–Kier alpha value is -2.36. The molecule has 1 heterocycles. The molecule has 1 aromatic carbocycles. The number of pyridine rings is 1. The lowest BCUT2D eigenvalue weighted by Gasteiger charge is -2.18. The zero-order valence-corrected chi connectivity index (χ0v) is 11.0. The number of methoxy groups -OCH3 is 1. The number of ether oxygens (including phenoxy) is 1. The van der Waals surface area contributed by atoms with Gasteiger partial charge in [0.25, 0.3) is 0 Å². The fourth-order valence-electron chi connectivity index (χ4n) is 1.78. The summed E-state index contributed by atoms with van der Waals surface area (Å²) in [6, 6.07) is 11.5. The fourth-order valence-corrected chi connectivity index (χ4v) is 1.78. The van der Waals surface area contributed by atoms with Gasteiger partial charge in [-0.2, -0.15) is 0 Å².